The van der Waals surface area contributed by atoms with E-state index in [9.17, 15) is 14.7 Å². The molecular weight excluding hydrogens is 348 g/mol. The van der Waals surface area contributed by atoms with Gasteiger partial charge in [0, 0.05) is 11.1 Å². The fourth-order valence-electron chi connectivity index (χ4n) is 3.67. The van der Waals surface area contributed by atoms with Crippen LogP contribution in [0, 0.1) is 5.92 Å². The van der Waals surface area contributed by atoms with Crippen molar-refractivity contribution in [3.8, 4) is 5.75 Å². The molecule has 0 amide bonds. The zero-order valence-electron chi connectivity index (χ0n) is 15.4. The van der Waals surface area contributed by atoms with Crippen LogP contribution in [0.3, 0.4) is 0 Å². The van der Waals surface area contributed by atoms with Gasteiger partial charge in [-0.15, -0.1) is 0 Å². The van der Waals surface area contributed by atoms with E-state index in [-0.39, 0.29) is 29.3 Å². The van der Waals surface area contributed by atoms with E-state index < -0.39 is 5.97 Å². The van der Waals surface area contributed by atoms with E-state index in [2.05, 4.69) is 0 Å². The minimum atomic E-state index is -1.18. The number of carbonyl (C=O) groups is 2. The maximum atomic E-state index is 13.2. The number of hydrogen-bond acceptors (Lipinski definition) is 5. The van der Waals surface area contributed by atoms with Gasteiger partial charge in [0.2, 0.25) is 0 Å². The van der Waals surface area contributed by atoms with Crippen LogP contribution in [0.5, 0.6) is 5.75 Å². The number of carboxylic acids is 1. The molecule has 2 aliphatic rings. The summed E-state index contributed by atoms with van der Waals surface area (Å²) in [6.45, 7) is 0.166. The number of aliphatic carboxylic acids is 1. The van der Waals surface area contributed by atoms with Crippen molar-refractivity contribution in [2.45, 2.75) is 38.5 Å². The lowest BCUT2D eigenvalue weighted by atomic mass is 9.81. The molecule has 0 bridgehead atoms. The molecule has 1 N–H and O–H groups in total. The fourth-order valence-corrected chi connectivity index (χ4v) is 3.67. The average molecular weight is 372 g/mol. The van der Waals surface area contributed by atoms with E-state index in [0.29, 0.717) is 23.7 Å². The Morgan fingerprint density at radius 3 is 2.41 bits per heavy atom. The van der Waals surface area contributed by atoms with Gasteiger partial charge in [-0.2, -0.15) is 4.89 Å². The van der Waals surface area contributed by atoms with Crippen LogP contribution in [0.1, 0.15) is 48.9 Å². The summed E-state index contributed by atoms with van der Waals surface area (Å²) in [5.74, 6) is -0.433. The fraction of sp³-hybridized carbons (Fsp3) is 0.429. The lowest BCUT2D eigenvalue weighted by Gasteiger charge is -2.23. The quantitative estimate of drug-likeness (QED) is 0.441. The third kappa shape index (κ3) is 4.57. The second kappa shape index (κ2) is 8.86. The SMILES string of the molecule is COc1ccc(C(=O)C(CC2CCCCC2)=C(C(=O)O)C2=CCOO2)cc1. The predicted octanol–water partition coefficient (Wildman–Crippen LogP) is 4.08. The predicted molar refractivity (Wildman–Crippen MR) is 98.3 cm³/mol. The van der Waals surface area contributed by atoms with Gasteiger partial charge in [0.15, 0.2) is 11.5 Å². The molecule has 6 heteroatoms. The van der Waals surface area contributed by atoms with Crippen LogP contribution in [-0.4, -0.2) is 30.6 Å². The number of rotatable bonds is 7. The molecule has 1 fully saturated rings. The zero-order valence-corrected chi connectivity index (χ0v) is 15.4. The van der Waals surface area contributed by atoms with Gasteiger partial charge in [-0.1, -0.05) is 32.1 Å². The van der Waals surface area contributed by atoms with Crippen LogP contribution in [0.2, 0.25) is 0 Å². The highest BCUT2D eigenvalue weighted by molar-refractivity contribution is 6.13. The van der Waals surface area contributed by atoms with Gasteiger partial charge in [0.25, 0.3) is 0 Å². The molecule has 1 heterocycles. The summed E-state index contributed by atoms with van der Waals surface area (Å²) in [6, 6.07) is 6.70. The summed E-state index contributed by atoms with van der Waals surface area (Å²) in [7, 11) is 1.55. The summed E-state index contributed by atoms with van der Waals surface area (Å²) in [5.41, 5.74) is 0.607. The van der Waals surface area contributed by atoms with Crippen molar-refractivity contribution in [1.82, 2.24) is 0 Å². The Bertz CT molecular complexity index is 753. The molecule has 0 unspecified atom stereocenters. The second-order valence-electron chi connectivity index (χ2n) is 6.86. The Balaban J connectivity index is 2.00. The van der Waals surface area contributed by atoms with Crippen molar-refractivity contribution in [3.05, 3.63) is 52.8 Å². The van der Waals surface area contributed by atoms with Gasteiger partial charge in [0.1, 0.15) is 17.9 Å². The van der Waals surface area contributed by atoms with E-state index >= 15 is 0 Å². The van der Waals surface area contributed by atoms with Crippen molar-refractivity contribution in [1.29, 1.82) is 0 Å². The highest BCUT2D eigenvalue weighted by Gasteiger charge is 2.30. The molecule has 1 saturated carbocycles. The highest BCUT2D eigenvalue weighted by atomic mass is 17.2. The Kier molecular flexibility index (Phi) is 6.29. The van der Waals surface area contributed by atoms with Crippen LogP contribution in [0.4, 0.5) is 0 Å². The largest absolute Gasteiger partial charge is 0.497 e. The zero-order chi connectivity index (χ0) is 19.2. The van der Waals surface area contributed by atoms with Crippen LogP contribution in [0.15, 0.2) is 47.2 Å². The van der Waals surface area contributed by atoms with Crippen LogP contribution >= 0.6 is 0 Å². The van der Waals surface area contributed by atoms with Crippen molar-refractivity contribution in [2.24, 2.45) is 5.92 Å². The van der Waals surface area contributed by atoms with E-state index in [1.165, 1.54) is 6.42 Å². The molecule has 0 spiro atoms. The molecule has 1 aliphatic heterocycles. The minimum Gasteiger partial charge on any atom is -0.497 e. The molecule has 1 aliphatic carbocycles. The number of carbonyl (C=O) groups excluding carboxylic acids is 1. The van der Waals surface area contributed by atoms with E-state index in [0.717, 1.165) is 25.7 Å². The molecule has 27 heavy (non-hydrogen) atoms. The smallest absolute Gasteiger partial charge is 0.340 e. The van der Waals surface area contributed by atoms with E-state index in [1.807, 2.05) is 0 Å². The summed E-state index contributed by atoms with van der Waals surface area (Å²) < 4.78 is 5.13. The molecule has 6 nitrogen and oxygen atoms in total. The lowest BCUT2D eigenvalue weighted by Crippen LogP contribution is -2.18. The standard InChI is InChI=1S/C21H24O6/c1-25-16-9-7-15(8-10-16)20(22)17(13-14-5-3-2-4-6-14)19(21(23)24)18-11-12-26-27-18/h7-11,14H,2-6,12-13H2,1H3,(H,23,24). The molecule has 1 aromatic carbocycles. The maximum Gasteiger partial charge on any atom is 0.340 e. The Morgan fingerprint density at radius 2 is 1.85 bits per heavy atom. The van der Waals surface area contributed by atoms with Gasteiger partial charge in [-0.25, -0.2) is 4.79 Å². The molecule has 0 aromatic heterocycles. The number of hydrogen-bond donors (Lipinski definition) is 1. The normalized spacial score (nSPS) is 18.3. The third-order valence-corrected chi connectivity index (χ3v) is 5.09. The van der Waals surface area contributed by atoms with Crippen molar-refractivity contribution in [2.75, 3.05) is 13.7 Å². The Morgan fingerprint density at radius 1 is 1.15 bits per heavy atom. The van der Waals surface area contributed by atoms with Gasteiger partial charge in [0.05, 0.1) is 7.11 Å². The monoisotopic (exact) mass is 372 g/mol. The second-order valence-corrected chi connectivity index (χ2v) is 6.86. The van der Waals surface area contributed by atoms with Gasteiger partial charge in [-0.05, 0) is 42.7 Å². The minimum absolute atomic E-state index is 0.0982. The number of Topliss-reactive ketones (excluding diaryl/α,β-unsaturated/α-hetero) is 1. The number of methoxy groups -OCH3 is 1. The Labute approximate surface area is 158 Å². The molecular formula is C21H24O6. The third-order valence-electron chi connectivity index (χ3n) is 5.09. The number of benzene rings is 1. The number of ether oxygens (including phenoxy) is 1. The first-order chi connectivity index (χ1) is 13.1. The molecule has 0 saturated heterocycles. The van der Waals surface area contributed by atoms with Crippen molar-refractivity contribution in [3.63, 3.8) is 0 Å². The summed E-state index contributed by atoms with van der Waals surface area (Å²) in [4.78, 5) is 35.1. The lowest BCUT2D eigenvalue weighted by molar-refractivity contribution is -0.231. The first-order valence-corrected chi connectivity index (χ1v) is 9.25. The van der Waals surface area contributed by atoms with Crippen molar-refractivity contribution < 1.29 is 29.2 Å². The van der Waals surface area contributed by atoms with Gasteiger partial charge >= 0.3 is 5.97 Å². The average Bonchev–Trinajstić information content (AvgIpc) is 3.22. The maximum absolute atomic E-state index is 13.2. The highest BCUT2D eigenvalue weighted by Crippen LogP contribution is 2.34. The van der Waals surface area contributed by atoms with Crippen LogP contribution < -0.4 is 4.74 Å². The Hall–Kier alpha value is -2.60. The van der Waals surface area contributed by atoms with Crippen LogP contribution in [-0.2, 0) is 14.6 Å². The summed E-state index contributed by atoms with van der Waals surface area (Å²) in [5, 5.41) is 9.81. The molecule has 0 radical (unpaired) electrons. The first kappa shape index (κ1) is 19.2. The first-order valence-electron chi connectivity index (χ1n) is 9.25. The van der Waals surface area contributed by atoms with E-state index in [1.54, 1.807) is 37.5 Å². The number of allylic oxidation sites excluding steroid dienone is 1. The summed E-state index contributed by atoms with van der Waals surface area (Å²) >= 11 is 0. The van der Waals surface area contributed by atoms with Gasteiger partial charge < -0.3 is 14.7 Å². The van der Waals surface area contributed by atoms with Crippen LogP contribution in [0.25, 0.3) is 0 Å². The molecule has 3 rings (SSSR count). The number of ketones is 1. The molecule has 1 aromatic rings. The summed E-state index contributed by atoms with van der Waals surface area (Å²) in [6.07, 6.45) is 7.39. The molecule has 144 valence electrons. The van der Waals surface area contributed by atoms with Crippen molar-refractivity contribution >= 4 is 11.8 Å². The molecule has 0 atom stereocenters. The van der Waals surface area contributed by atoms with E-state index in [4.69, 9.17) is 14.5 Å². The number of carboxylic acid groups (broad SMARTS) is 1. The van der Waals surface area contributed by atoms with Gasteiger partial charge in [-0.3, -0.25) is 4.79 Å². The topological polar surface area (TPSA) is 82.1 Å².